The minimum atomic E-state index is -0.266. The van der Waals surface area contributed by atoms with Gasteiger partial charge in [-0.1, -0.05) is 13.8 Å². The van der Waals surface area contributed by atoms with Crippen molar-refractivity contribution in [3.8, 4) is 0 Å². The van der Waals surface area contributed by atoms with Crippen LogP contribution in [0.4, 0.5) is 5.69 Å². The Morgan fingerprint density at radius 3 is 2.88 bits per heavy atom. The highest BCUT2D eigenvalue weighted by Crippen LogP contribution is 2.37. The van der Waals surface area contributed by atoms with Crippen LogP contribution in [-0.4, -0.2) is 17.1 Å². The quantitative estimate of drug-likeness (QED) is 0.795. The number of ether oxygens (including phenoxy) is 1. The fourth-order valence-electron chi connectivity index (χ4n) is 1.64. The molecule has 0 amide bonds. The first-order valence-electron chi connectivity index (χ1n) is 5.72. The van der Waals surface area contributed by atoms with Gasteiger partial charge < -0.3 is 15.0 Å². The molecule has 0 atom stereocenters. The minimum absolute atomic E-state index is 0.266. The van der Waals surface area contributed by atoms with Crippen molar-refractivity contribution in [1.82, 2.24) is 4.57 Å². The van der Waals surface area contributed by atoms with E-state index in [1.54, 1.807) is 6.07 Å². The van der Waals surface area contributed by atoms with Crippen LogP contribution in [0.15, 0.2) is 12.3 Å². The molecule has 0 aliphatic heterocycles. The molecule has 0 unspecified atom stereocenters. The molecule has 1 aromatic heterocycles. The Hall–Kier alpha value is -1.45. The van der Waals surface area contributed by atoms with Crippen molar-refractivity contribution >= 4 is 11.7 Å². The van der Waals surface area contributed by atoms with Crippen LogP contribution in [0.25, 0.3) is 0 Å². The van der Waals surface area contributed by atoms with E-state index in [1.165, 1.54) is 0 Å². The third-order valence-electron chi connectivity index (χ3n) is 2.57. The molecule has 1 heterocycles. The number of nitrogens with zero attached hydrogens (tertiary/aromatic N) is 1. The molecule has 0 saturated heterocycles. The summed E-state index contributed by atoms with van der Waals surface area (Å²) in [5, 5.41) is 0. The predicted molar refractivity (Wildman–Crippen MR) is 62.2 cm³/mol. The first-order chi connectivity index (χ1) is 7.58. The summed E-state index contributed by atoms with van der Waals surface area (Å²) < 4.78 is 7.15. The second-order valence-corrected chi connectivity index (χ2v) is 4.79. The van der Waals surface area contributed by atoms with E-state index in [9.17, 15) is 4.79 Å². The van der Waals surface area contributed by atoms with Crippen molar-refractivity contribution < 1.29 is 9.53 Å². The van der Waals surface area contributed by atoms with Gasteiger partial charge in [-0.3, -0.25) is 0 Å². The summed E-state index contributed by atoms with van der Waals surface area (Å²) in [5.41, 5.74) is 6.92. The molecule has 16 heavy (non-hydrogen) atoms. The van der Waals surface area contributed by atoms with Gasteiger partial charge in [0.15, 0.2) is 0 Å². The molecule has 2 N–H and O–H groups in total. The van der Waals surface area contributed by atoms with Gasteiger partial charge >= 0.3 is 5.97 Å². The molecule has 0 radical (unpaired) electrons. The van der Waals surface area contributed by atoms with Gasteiger partial charge in [-0.15, -0.1) is 0 Å². The largest absolute Gasteiger partial charge is 0.461 e. The number of carbonyl (C=O) groups is 1. The fourth-order valence-corrected chi connectivity index (χ4v) is 1.64. The van der Waals surface area contributed by atoms with E-state index < -0.39 is 0 Å². The molecule has 1 saturated carbocycles. The third kappa shape index (κ3) is 2.38. The van der Waals surface area contributed by atoms with Gasteiger partial charge in [-0.2, -0.15) is 0 Å². The molecule has 88 valence electrons. The monoisotopic (exact) mass is 222 g/mol. The molecule has 1 fully saturated rings. The van der Waals surface area contributed by atoms with E-state index in [2.05, 4.69) is 0 Å². The van der Waals surface area contributed by atoms with E-state index in [-0.39, 0.29) is 5.97 Å². The summed E-state index contributed by atoms with van der Waals surface area (Å²) in [5.74, 6) is 0.0861. The molecule has 0 bridgehead atoms. The van der Waals surface area contributed by atoms with Crippen molar-refractivity contribution in [3.05, 3.63) is 18.0 Å². The lowest BCUT2D eigenvalue weighted by atomic mass is 10.2. The van der Waals surface area contributed by atoms with Crippen molar-refractivity contribution in [1.29, 1.82) is 0 Å². The molecular formula is C12H18N2O2. The highest BCUT2D eigenvalue weighted by molar-refractivity contribution is 5.89. The summed E-state index contributed by atoms with van der Waals surface area (Å²) in [7, 11) is 0. The Morgan fingerprint density at radius 2 is 2.31 bits per heavy atom. The zero-order chi connectivity index (χ0) is 11.7. The molecule has 1 aliphatic rings. The number of anilines is 1. The van der Waals surface area contributed by atoms with Crippen LogP contribution in [0.2, 0.25) is 0 Å². The summed E-state index contributed by atoms with van der Waals surface area (Å²) in [6.45, 7) is 4.48. The molecule has 4 nitrogen and oxygen atoms in total. The Morgan fingerprint density at radius 1 is 1.62 bits per heavy atom. The number of carbonyl (C=O) groups excluding carboxylic acids is 1. The average molecular weight is 222 g/mol. The van der Waals surface area contributed by atoms with Crippen LogP contribution in [0.3, 0.4) is 0 Å². The second-order valence-electron chi connectivity index (χ2n) is 4.79. The van der Waals surface area contributed by atoms with Crippen LogP contribution in [0.5, 0.6) is 0 Å². The van der Waals surface area contributed by atoms with Crippen LogP contribution >= 0.6 is 0 Å². The number of hydrogen-bond acceptors (Lipinski definition) is 3. The molecule has 0 spiro atoms. The normalized spacial score (nSPS) is 15.4. The summed E-state index contributed by atoms with van der Waals surface area (Å²) in [6, 6.07) is 2.14. The number of aromatic nitrogens is 1. The van der Waals surface area contributed by atoms with E-state index in [0.29, 0.717) is 29.9 Å². The number of nitrogens with two attached hydrogens (primary N) is 1. The van der Waals surface area contributed by atoms with Gasteiger partial charge in [0.2, 0.25) is 0 Å². The third-order valence-corrected chi connectivity index (χ3v) is 2.57. The van der Waals surface area contributed by atoms with E-state index in [0.717, 1.165) is 12.8 Å². The van der Waals surface area contributed by atoms with Crippen molar-refractivity contribution in [2.45, 2.75) is 32.7 Å². The van der Waals surface area contributed by atoms with Gasteiger partial charge in [0.25, 0.3) is 0 Å². The van der Waals surface area contributed by atoms with E-state index >= 15 is 0 Å². The molecule has 4 heteroatoms. The van der Waals surface area contributed by atoms with Crippen LogP contribution in [-0.2, 0) is 4.74 Å². The maximum absolute atomic E-state index is 11.8. The van der Waals surface area contributed by atoms with Crippen LogP contribution in [0.1, 0.15) is 43.2 Å². The average Bonchev–Trinajstić information content (AvgIpc) is 2.98. The van der Waals surface area contributed by atoms with E-state index in [4.69, 9.17) is 10.5 Å². The predicted octanol–water partition coefficient (Wildman–Crippen LogP) is 2.22. The number of rotatable bonds is 4. The van der Waals surface area contributed by atoms with Crippen LogP contribution in [0, 0.1) is 5.92 Å². The van der Waals surface area contributed by atoms with Gasteiger partial charge in [0, 0.05) is 12.2 Å². The topological polar surface area (TPSA) is 57.2 Å². The number of hydrogen-bond donors (Lipinski definition) is 1. The first kappa shape index (κ1) is 11.0. The molecule has 1 aliphatic carbocycles. The second kappa shape index (κ2) is 4.20. The van der Waals surface area contributed by atoms with Crippen LogP contribution < -0.4 is 5.73 Å². The van der Waals surface area contributed by atoms with Crippen molar-refractivity contribution in [2.75, 3.05) is 12.3 Å². The maximum atomic E-state index is 11.8. The standard InChI is InChI=1S/C12H18N2O2/c1-8(2)7-16-12(15)11-5-9(13)6-14(11)10-3-4-10/h5-6,8,10H,3-4,7,13H2,1-2H3. The van der Waals surface area contributed by atoms with E-state index in [1.807, 2.05) is 24.6 Å². The Kier molecular flexibility index (Phi) is 2.90. The molecule has 0 aromatic carbocycles. The Bertz CT molecular complexity index is 392. The SMILES string of the molecule is CC(C)COC(=O)c1cc(N)cn1C1CC1. The smallest absolute Gasteiger partial charge is 0.355 e. The number of esters is 1. The van der Waals surface area contributed by atoms with Gasteiger partial charge in [0.05, 0.1) is 12.3 Å². The first-order valence-corrected chi connectivity index (χ1v) is 5.72. The minimum Gasteiger partial charge on any atom is -0.461 e. The Labute approximate surface area is 95.4 Å². The lowest BCUT2D eigenvalue weighted by Gasteiger charge is -2.09. The van der Waals surface area contributed by atoms with Gasteiger partial charge in [-0.05, 0) is 24.8 Å². The summed E-state index contributed by atoms with van der Waals surface area (Å²) in [6.07, 6.45) is 4.07. The molecule has 2 rings (SSSR count). The molecular weight excluding hydrogens is 204 g/mol. The molecule has 1 aromatic rings. The Balaban J connectivity index is 2.09. The highest BCUT2D eigenvalue weighted by Gasteiger charge is 2.28. The zero-order valence-electron chi connectivity index (χ0n) is 9.77. The van der Waals surface area contributed by atoms with Gasteiger partial charge in [-0.25, -0.2) is 4.79 Å². The number of nitrogen functional groups attached to an aromatic ring is 1. The van der Waals surface area contributed by atoms with Crippen molar-refractivity contribution in [2.24, 2.45) is 5.92 Å². The fraction of sp³-hybridized carbons (Fsp3) is 0.583. The zero-order valence-corrected chi connectivity index (χ0v) is 9.77. The maximum Gasteiger partial charge on any atom is 0.355 e. The summed E-state index contributed by atoms with van der Waals surface area (Å²) in [4.78, 5) is 11.8. The highest BCUT2D eigenvalue weighted by atomic mass is 16.5. The lowest BCUT2D eigenvalue weighted by molar-refractivity contribution is 0.0446. The van der Waals surface area contributed by atoms with Gasteiger partial charge in [0.1, 0.15) is 5.69 Å². The van der Waals surface area contributed by atoms with Crippen molar-refractivity contribution in [3.63, 3.8) is 0 Å². The lowest BCUT2D eigenvalue weighted by Crippen LogP contribution is -2.14. The summed E-state index contributed by atoms with van der Waals surface area (Å²) >= 11 is 0.